The second kappa shape index (κ2) is 10.3. The number of rotatable bonds is 10. The molecule has 1 aromatic rings. The predicted molar refractivity (Wildman–Crippen MR) is 93.4 cm³/mol. The Morgan fingerprint density at radius 1 is 0.931 bits per heavy atom. The SMILES string of the molecule is COc1cc(/C=C/C(=O)O[C@@H](C(=O)O)[C@@H](O)[C@H](O)[C@H](O)C(=O)O)cc(OC)c1O. The summed E-state index contributed by atoms with van der Waals surface area (Å²) in [6.45, 7) is 0. The van der Waals surface area contributed by atoms with Crippen molar-refractivity contribution in [2.75, 3.05) is 14.2 Å². The van der Waals surface area contributed by atoms with Crippen LogP contribution in [0.1, 0.15) is 5.56 Å². The average molecular weight is 416 g/mol. The lowest BCUT2D eigenvalue weighted by Gasteiger charge is -2.24. The molecule has 0 radical (unpaired) electrons. The summed E-state index contributed by atoms with van der Waals surface area (Å²) in [7, 11) is 2.57. The minimum Gasteiger partial charge on any atom is -0.502 e. The highest BCUT2D eigenvalue weighted by Crippen LogP contribution is 2.37. The van der Waals surface area contributed by atoms with E-state index in [0.29, 0.717) is 5.56 Å². The van der Waals surface area contributed by atoms with Crippen LogP contribution in [0.5, 0.6) is 17.2 Å². The Morgan fingerprint density at radius 2 is 1.45 bits per heavy atom. The molecule has 0 aliphatic carbocycles. The molecule has 160 valence electrons. The maximum absolute atomic E-state index is 11.9. The van der Waals surface area contributed by atoms with Gasteiger partial charge in [-0.15, -0.1) is 0 Å². The first kappa shape index (κ1) is 23.7. The minimum absolute atomic E-state index is 0.0296. The molecule has 0 aliphatic rings. The molecule has 0 saturated heterocycles. The van der Waals surface area contributed by atoms with Gasteiger partial charge in [0, 0.05) is 6.08 Å². The number of aliphatic hydroxyl groups is 3. The summed E-state index contributed by atoms with van der Waals surface area (Å²) in [6.07, 6.45) is -7.80. The van der Waals surface area contributed by atoms with Gasteiger partial charge in [-0.3, -0.25) is 0 Å². The number of phenols is 1. The number of carboxylic acid groups (broad SMARTS) is 2. The number of carbonyl (C=O) groups excluding carboxylic acids is 1. The van der Waals surface area contributed by atoms with E-state index in [0.717, 1.165) is 12.2 Å². The van der Waals surface area contributed by atoms with Crippen molar-refractivity contribution in [3.8, 4) is 17.2 Å². The molecule has 0 fully saturated rings. The Kier molecular flexibility index (Phi) is 8.38. The number of aliphatic hydroxyl groups excluding tert-OH is 3. The first-order chi connectivity index (χ1) is 13.5. The molecule has 6 N–H and O–H groups in total. The Labute approximate surface area is 163 Å². The van der Waals surface area contributed by atoms with Gasteiger partial charge in [0.05, 0.1) is 14.2 Å². The number of esters is 1. The first-order valence-electron chi connectivity index (χ1n) is 7.87. The summed E-state index contributed by atoms with van der Waals surface area (Å²) in [4.78, 5) is 33.7. The molecular weight excluding hydrogens is 396 g/mol. The predicted octanol–water partition coefficient (Wildman–Crippen LogP) is -1.41. The fourth-order valence-corrected chi connectivity index (χ4v) is 2.12. The molecule has 29 heavy (non-hydrogen) atoms. The lowest BCUT2D eigenvalue weighted by atomic mass is 10.0. The molecular formula is C17H20O12. The van der Waals surface area contributed by atoms with Crippen LogP contribution >= 0.6 is 0 Å². The monoisotopic (exact) mass is 416 g/mol. The van der Waals surface area contributed by atoms with Crippen molar-refractivity contribution >= 4 is 24.0 Å². The number of phenolic OH excluding ortho intramolecular Hbond substituents is 1. The number of hydrogen-bond acceptors (Lipinski definition) is 10. The quantitative estimate of drug-likeness (QED) is 0.192. The third kappa shape index (κ3) is 6.07. The summed E-state index contributed by atoms with van der Waals surface area (Å²) in [5.41, 5.74) is 0.294. The Balaban J connectivity index is 2.98. The molecule has 0 unspecified atom stereocenters. The maximum atomic E-state index is 11.9. The van der Waals surface area contributed by atoms with Gasteiger partial charge < -0.3 is 44.8 Å². The summed E-state index contributed by atoms with van der Waals surface area (Å²) in [6, 6.07) is 2.66. The van der Waals surface area contributed by atoms with E-state index in [1.165, 1.54) is 26.4 Å². The average Bonchev–Trinajstić information content (AvgIpc) is 2.68. The second-order valence-electron chi connectivity index (χ2n) is 5.57. The van der Waals surface area contributed by atoms with Crippen LogP contribution in [0.4, 0.5) is 0 Å². The zero-order chi connectivity index (χ0) is 22.3. The van der Waals surface area contributed by atoms with Gasteiger partial charge in [-0.05, 0) is 23.8 Å². The van der Waals surface area contributed by atoms with E-state index in [2.05, 4.69) is 4.74 Å². The van der Waals surface area contributed by atoms with Crippen molar-refractivity contribution in [1.29, 1.82) is 0 Å². The van der Waals surface area contributed by atoms with E-state index >= 15 is 0 Å². The van der Waals surface area contributed by atoms with Gasteiger partial charge >= 0.3 is 17.9 Å². The largest absolute Gasteiger partial charge is 0.502 e. The Hall–Kier alpha value is -3.35. The highest BCUT2D eigenvalue weighted by atomic mass is 16.6. The van der Waals surface area contributed by atoms with Crippen molar-refractivity contribution in [2.24, 2.45) is 0 Å². The molecule has 12 heteroatoms. The number of aromatic hydroxyl groups is 1. The Morgan fingerprint density at radius 3 is 1.86 bits per heavy atom. The van der Waals surface area contributed by atoms with Crippen LogP contribution in [0, 0.1) is 0 Å². The van der Waals surface area contributed by atoms with Crippen LogP contribution in [0.2, 0.25) is 0 Å². The van der Waals surface area contributed by atoms with Crippen LogP contribution in [-0.2, 0) is 19.1 Å². The van der Waals surface area contributed by atoms with E-state index < -0.39 is 42.3 Å². The molecule has 1 rings (SSSR count). The van der Waals surface area contributed by atoms with E-state index in [9.17, 15) is 34.8 Å². The smallest absolute Gasteiger partial charge is 0.347 e. The van der Waals surface area contributed by atoms with Gasteiger partial charge in [-0.25, -0.2) is 14.4 Å². The summed E-state index contributed by atoms with van der Waals surface area (Å²) < 4.78 is 14.4. The number of carbonyl (C=O) groups is 3. The van der Waals surface area contributed by atoms with Crippen molar-refractivity contribution in [2.45, 2.75) is 24.4 Å². The number of benzene rings is 1. The van der Waals surface area contributed by atoms with Gasteiger partial charge in [0.15, 0.2) is 17.6 Å². The zero-order valence-corrected chi connectivity index (χ0v) is 15.3. The fourth-order valence-electron chi connectivity index (χ4n) is 2.12. The van der Waals surface area contributed by atoms with E-state index in [-0.39, 0.29) is 17.2 Å². The molecule has 0 heterocycles. The van der Waals surface area contributed by atoms with Crippen LogP contribution < -0.4 is 9.47 Å². The third-order valence-corrected chi connectivity index (χ3v) is 3.64. The number of aliphatic carboxylic acids is 2. The van der Waals surface area contributed by atoms with Crippen molar-refractivity contribution < 1.29 is 59.2 Å². The number of ether oxygens (including phenoxy) is 3. The molecule has 0 spiro atoms. The molecule has 0 aliphatic heterocycles. The number of methoxy groups -OCH3 is 2. The van der Waals surface area contributed by atoms with Crippen molar-refractivity contribution in [3.63, 3.8) is 0 Å². The molecule has 4 atom stereocenters. The van der Waals surface area contributed by atoms with Crippen LogP contribution in [0.15, 0.2) is 18.2 Å². The third-order valence-electron chi connectivity index (χ3n) is 3.64. The fraction of sp³-hybridized carbons (Fsp3) is 0.353. The van der Waals surface area contributed by atoms with Gasteiger partial charge in [0.25, 0.3) is 0 Å². The van der Waals surface area contributed by atoms with Crippen molar-refractivity contribution in [1.82, 2.24) is 0 Å². The minimum atomic E-state index is -2.50. The standard InChI is InChI=1S/C17H20O12/c1-27-8-5-7(6-9(28-2)11(8)19)3-4-10(18)29-15(17(25)26)13(21)12(20)14(22)16(23)24/h3-6,12-15,19-22H,1-2H3,(H,23,24)(H,25,26)/b4-3+/t12-,13-,14-,15+/m0/s1. The summed E-state index contributed by atoms with van der Waals surface area (Å²) >= 11 is 0. The molecule has 0 saturated carbocycles. The second-order valence-corrected chi connectivity index (χ2v) is 5.57. The topological polar surface area (TPSA) is 200 Å². The highest BCUT2D eigenvalue weighted by Gasteiger charge is 2.40. The van der Waals surface area contributed by atoms with Gasteiger partial charge in [-0.2, -0.15) is 0 Å². The normalized spacial score (nSPS) is 15.2. The zero-order valence-electron chi connectivity index (χ0n) is 15.3. The van der Waals surface area contributed by atoms with Crippen LogP contribution in [-0.4, -0.2) is 87.2 Å². The van der Waals surface area contributed by atoms with Crippen LogP contribution in [0.25, 0.3) is 6.08 Å². The summed E-state index contributed by atoms with van der Waals surface area (Å²) in [5, 5.41) is 56.0. The molecule has 0 aromatic heterocycles. The van der Waals surface area contributed by atoms with Gasteiger partial charge in [0.2, 0.25) is 11.9 Å². The molecule has 0 bridgehead atoms. The molecule has 12 nitrogen and oxygen atoms in total. The summed E-state index contributed by atoms with van der Waals surface area (Å²) in [5.74, 6) is -5.29. The van der Waals surface area contributed by atoms with Gasteiger partial charge in [0.1, 0.15) is 12.2 Å². The number of hydrogen-bond donors (Lipinski definition) is 6. The lowest BCUT2D eigenvalue weighted by molar-refractivity contribution is -0.182. The van der Waals surface area contributed by atoms with Crippen LogP contribution in [0.3, 0.4) is 0 Å². The maximum Gasteiger partial charge on any atom is 0.347 e. The lowest BCUT2D eigenvalue weighted by Crippen LogP contribution is -2.51. The van der Waals surface area contributed by atoms with E-state index in [1.807, 2.05) is 0 Å². The molecule has 1 aromatic carbocycles. The number of carboxylic acids is 2. The van der Waals surface area contributed by atoms with Crippen molar-refractivity contribution in [3.05, 3.63) is 23.8 Å². The highest BCUT2D eigenvalue weighted by molar-refractivity contribution is 5.89. The Bertz CT molecular complexity index is 762. The molecule has 0 amide bonds. The van der Waals surface area contributed by atoms with Gasteiger partial charge in [-0.1, -0.05) is 0 Å². The van der Waals surface area contributed by atoms with E-state index in [4.69, 9.17) is 19.7 Å². The first-order valence-corrected chi connectivity index (χ1v) is 7.87. The van der Waals surface area contributed by atoms with E-state index in [1.54, 1.807) is 0 Å².